The van der Waals surface area contributed by atoms with Gasteiger partial charge in [0.15, 0.2) is 0 Å². The van der Waals surface area contributed by atoms with Gasteiger partial charge in [0.05, 0.1) is 24.0 Å². The Morgan fingerprint density at radius 3 is 2.57 bits per heavy atom. The van der Waals surface area contributed by atoms with Gasteiger partial charge in [0, 0.05) is 12.6 Å². The van der Waals surface area contributed by atoms with E-state index >= 15 is 0 Å². The van der Waals surface area contributed by atoms with Gasteiger partial charge in [0.2, 0.25) is 11.8 Å². The fraction of sp³-hybridized carbons (Fsp3) is 0.227. The van der Waals surface area contributed by atoms with Crippen molar-refractivity contribution >= 4 is 17.6 Å². The number of aromatic nitrogens is 2. The maximum atomic E-state index is 13.2. The molecule has 7 nitrogen and oxygen atoms in total. The van der Waals surface area contributed by atoms with Crippen LogP contribution in [0, 0.1) is 12.7 Å². The molecule has 8 heteroatoms. The van der Waals surface area contributed by atoms with E-state index < -0.39 is 11.9 Å². The summed E-state index contributed by atoms with van der Waals surface area (Å²) in [6.07, 6.45) is 0.478. The number of fused-ring (bicyclic) bond motifs is 1. The van der Waals surface area contributed by atoms with Crippen LogP contribution in [0.2, 0.25) is 0 Å². The molecule has 1 aromatic heterocycles. The first kappa shape index (κ1) is 19.8. The lowest BCUT2D eigenvalue weighted by Crippen LogP contribution is -2.51. The largest absolute Gasteiger partial charge is 0.368 e. The van der Waals surface area contributed by atoms with E-state index in [4.69, 9.17) is 5.73 Å². The number of rotatable bonds is 5. The van der Waals surface area contributed by atoms with E-state index in [2.05, 4.69) is 10.4 Å². The summed E-state index contributed by atoms with van der Waals surface area (Å²) >= 11 is 0. The molecule has 1 atom stereocenters. The molecule has 0 radical (unpaired) electrons. The molecule has 154 valence electrons. The van der Waals surface area contributed by atoms with Gasteiger partial charge in [-0.05, 0) is 48.7 Å². The lowest BCUT2D eigenvalue weighted by Gasteiger charge is -2.34. The van der Waals surface area contributed by atoms with Crippen molar-refractivity contribution < 1.29 is 14.0 Å². The van der Waals surface area contributed by atoms with Gasteiger partial charge in [-0.25, -0.2) is 9.07 Å². The van der Waals surface area contributed by atoms with Crippen molar-refractivity contribution in [3.8, 4) is 5.69 Å². The second kappa shape index (κ2) is 8.08. The van der Waals surface area contributed by atoms with Gasteiger partial charge >= 0.3 is 0 Å². The molecule has 0 fully saturated rings. The van der Waals surface area contributed by atoms with Crippen molar-refractivity contribution in [1.82, 2.24) is 14.7 Å². The van der Waals surface area contributed by atoms with Crippen LogP contribution in [0.1, 0.15) is 16.8 Å². The van der Waals surface area contributed by atoms with E-state index in [9.17, 15) is 14.0 Å². The van der Waals surface area contributed by atoms with Crippen LogP contribution in [-0.2, 0) is 22.6 Å². The molecule has 3 aromatic rings. The molecule has 0 spiro atoms. The molecule has 2 heterocycles. The van der Waals surface area contributed by atoms with Crippen LogP contribution in [0.15, 0.2) is 54.6 Å². The van der Waals surface area contributed by atoms with Crippen molar-refractivity contribution in [3.63, 3.8) is 0 Å². The molecule has 3 N–H and O–H groups in total. The Labute approximate surface area is 173 Å². The Morgan fingerprint density at radius 2 is 1.87 bits per heavy atom. The lowest BCUT2D eigenvalue weighted by atomic mass is 9.93. The molecule has 2 amide bonds. The third-order valence-electron chi connectivity index (χ3n) is 5.19. The standard InChI is InChI=1S/C22H22FN5O2/c1-14-10-20(28(26-14)18-8-6-17(23)7-9-18)25-21(29)13-27-12-16-5-3-2-4-15(16)11-19(27)22(24)30/h2-10,19H,11-13H2,1H3,(H2,24,30)(H,25,29)/t19-/m0/s1. The van der Waals surface area contributed by atoms with Crippen LogP contribution < -0.4 is 11.1 Å². The summed E-state index contributed by atoms with van der Waals surface area (Å²) in [5.41, 5.74) is 9.08. The molecule has 1 aliphatic heterocycles. The van der Waals surface area contributed by atoms with Crippen molar-refractivity contribution in [2.75, 3.05) is 11.9 Å². The average molecular weight is 407 g/mol. The number of amides is 2. The van der Waals surface area contributed by atoms with Crippen molar-refractivity contribution in [2.24, 2.45) is 5.73 Å². The monoisotopic (exact) mass is 407 g/mol. The zero-order chi connectivity index (χ0) is 21.3. The molecule has 30 heavy (non-hydrogen) atoms. The summed E-state index contributed by atoms with van der Waals surface area (Å²) in [7, 11) is 0. The van der Waals surface area contributed by atoms with Crippen LogP contribution in [-0.4, -0.2) is 39.1 Å². The SMILES string of the molecule is Cc1cc(NC(=O)CN2Cc3ccccc3C[C@H]2C(N)=O)n(-c2ccc(F)cc2)n1. The minimum atomic E-state index is -0.547. The number of carbonyl (C=O) groups is 2. The van der Waals surface area contributed by atoms with E-state index in [1.807, 2.05) is 24.3 Å². The van der Waals surface area contributed by atoms with E-state index in [1.165, 1.54) is 12.1 Å². The number of benzene rings is 2. The van der Waals surface area contributed by atoms with Gasteiger partial charge in [0.25, 0.3) is 0 Å². The molecule has 0 saturated heterocycles. The van der Waals surface area contributed by atoms with E-state index in [1.54, 1.807) is 34.7 Å². The Balaban J connectivity index is 1.52. The van der Waals surface area contributed by atoms with Crippen molar-refractivity contribution in [3.05, 3.63) is 77.2 Å². The summed E-state index contributed by atoms with van der Waals surface area (Å²) in [4.78, 5) is 26.6. The van der Waals surface area contributed by atoms with Crippen LogP contribution >= 0.6 is 0 Å². The normalized spacial score (nSPS) is 16.1. The molecule has 0 unspecified atom stereocenters. The highest BCUT2D eigenvalue weighted by Gasteiger charge is 2.31. The van der Waals surface area contributed by atoms with Gasteiger partial charge in [-0.2, -0.15) is 5.10 Å². The zero-order valence-corrected chi connectivity index (χ0v) is 16.5. The minimum absolute atomic E-state index is 0.00951. The zero-order valence-electron chi connectivity index (χ0n) is 16.5. The Kier molecular flexibility index (Phi) is 5.33. The molecule has 4 rings (SSSR count). The van der Waals surface area contributed by atoms with Gasteiger partial charge < -0.3 is 11.1 Å². The van der Waals surface area contributed by atoms with Gasteiger partial charge in [0.1, 0.15) is 11.6 Å². The predicted octanol–water partition coefficient (Wildman–Crippen LogP) is 2.17. The van der Waals surface area contributed by atoms with Gasteiger partial charge in [-0.1, -0.05) is 24.3 Å². The van der Waals surface area contributed by atoms with Crippen LogP contribution in [0.3, 0.4) is 0 Å². The Hall–Kier alpha value is -3.52. The minimum Gasteiger partial charge on any atom is -0.368 e. The number of nitrogens with one attached hydrogen (secondary N) is 1. The van der Waals surface area contributed by atoms with E-state index in [-0.39, 0.29) is 18.3 Å². The van der Waals surface area contributed by atoms with Crippen molar-refractivity contribution in [2.45, 2.75) is 25.9 Å². The first-order valence-corrected chi connectivity index (χ1v) is 9.63. The number of nitrogens with zero attached hydrogens (tertiary/aromatic N) is 3. The first-order chi connectivity index (χ1) is 14.4. The smallest absolute Gasteiger partial charge is 0.239 e. The fourth-order valence-corrected chi connectivity index (χ4v) is 3.76. The maximum Gasteiger partial charge on any atom is 0.239 e. The van der Waals surface area contributed by atoms with Crippen LogP contribution in [0.5, 0.6) is 0 Å². The number of hydrogen-bond acceptors (Lipinski definition) is 4. The molecule has 1 aliphatic rings. The molecule has 0 saturated carbocycles. The summed E-state index contributed by atoms with van der Waals surface area (Å²) in [5, 5.41) is 7.22. The van der Waals surface area contributed by atoms with Crippen LogP contribution in [0.4, 0.5) is 10.2 Å². The molecular formula is C22H22FN5O2. The topological polar surface area (TPSA) is 93.3 Å². The average Bonchev–Trinajstić information content (AvgIpc) is 3.07. The second-order valence-corrected chi connectivity index (χ2v) is 7.40. The van der Waals surface area contributed by atoms with Crippen molar-refractivity contribution in [1.29, 1.82) is 0 Å². The number of primary amides is 1. The summed E-state index contributed by atoms with van der Waals surface area (Å²) in [6.45, 7) is 2.28. The summed E-state index contributed by atoms with van der Waals surface area (Å²) < 4.78 is 14.8. The highest BCUT2D eigenvalue weighted by atomic mass is 19.1. The first-order valence-electron chi connectivity index (χ1n) is 9.63. The fourth-order valence-electron chi connectivity index (χ4n) is 3.76. The number of halogens is 1. The second-order valence-electron chi connectivity index (χ2n) is 7.40. The number of anilines is 1. The van der Waals surface area contributed by atoms with Gasteiger partial charge in [-0.15, -0.1) is 0 Å². The number of hydrogen-bond donors (Lipinski definition) is 2. The third kappa shape index (κ3) is 4.08. The van der Waals surface area contributed by atoms with E-state index in [0.717, 1.165) is 11.1 Å². The summed E-state index contributed by atoms with van der Waals surface area (Å²) in [6, 6.07) is 14.9. The Morgan fingerprint density at radius 1 is 1.17 bits per heavy atom. The lowest BCUT2D eigenvalue weighted by molar-refractivity contribution is -0.125. The molecule has 2 aromatic carbocycles. The molecular weight excluding hydrogens is 385 g/mol. The van der Waals surface area contributed by atoms with Crippen LogP contribution in [0.25, 0.3) is 5.69 Å². The van der Waals surface area contributed by atoms with Gasteiger partial charge in [-0.3, -0.25) is 14.5 Å². The quantitative estimate of drug-likeness (QED) is 0.678. The molecule has 0 bridgehead atoms. The number of carbonyl (C=O) groups excluding carboxylic acids is 2. The van der Waals surface area contributed by atoms with E-state index in [0.29, 0.717) is 30.2 Å². The highest BCUT2D eigenvalue weighted by molar-refractivity contribution is 5.92. The predicted molar refractivity (Wildman–Crippen MR) is 110 cm³/mol. The summed E-state index contributed by atoms with van der Waals surface area (Å²) in [5.74, 6) is -0.623. The number of nitrogens with two attached hydrogens (primary N) is 1. The number of aryl methyl sites for hydroxylation is 1. The third-order valence-corrected chi connectivity index (χ3v) is 5.19. The highest BCUT2D eigenvalue weighted by Crippen LogP contribution is 2.23. The Bertz CT molecular complexity index is 1090. The maximum absolute atomic E-state index is 13.2. The molecule has 0 aliphatic carbocycles.